The van der Waals surface area contributed by atoms with Crippen LogP contribution in [0.2, 0.25) is 0 Å². The van der Waals surface area contributed by atoms with Crippen molar-refractivity contribution in [2.75, 3.05) is 11.9 Å². The third-order valence-electron chi connectivity index (χ3n) is 3.83. The van der Waals surface area contributed by atoms with Gasteiger partial charge in [-0.1, -0.05) is 68.3 Å². The fourth-order valence-corrected chi connectivity index (χ4v) is 2.52. The molecule has 3 N–H and O–H groups in total. The second-order valence-corrected chi connectivity index (χ2v) is 5.85. The van der Waals surface area contributed by atoms with Gasteiger partial charge in [-0.3, -0.25) is 5.32 Å². The number of nitrogens with one attached hydrogen (secondary N) is 3. The molecule has 2 aromatic carbocycles. The maximum atomic E-state index is 12.2. The summed E-state index contributed by atoms with van der Waals surface area (Å²) in [5.74, 6) is 0. The molecule has 0 saturated heterocycles. The fraction of sp³-hybridized carbons (Fsp3) is 0.350. The largest absolute Gasteiger partial charge is 0.323 e. The second kappa shape index (κ2) is 12.5. The van der Waals surface area contributed by atoms with E-state index in [0.29, 0.717) is 0 Å². The molecule has 0 fully saturated rings. The smallest absolute Gasteiger partial charge is 0.320 e. The SMILES string of the molecule is Br.CCCCC(NCCc1ccccc1)NC(=O)Nc1ccccc1. The summed E-state index contributed by atoms with van der Waals surface area (Å²) in [5, 5.41) is 9.34. The number of rotatable bonds is 9. The zero-order valence-electron chi connectivity index (χ0n) is 14.7. The molecular formula is C20H28BrN3O. The van der Waals surface area contributed by atoms with E-state index in [1.165, 1.54) is 5.56 Å². The Morgan fingerprint density at radius 1 is 1.00 bits per heavy atom. The van der Waals surface area contributed by atoms with Crippen LogP contribution in [-0.2, 0) is 6.42 Å². The van der Waals surface area contributed by atoms with Gasteiger partial charge in [-0.15, -0.1) is 17.0 Å². The van der Waals surface area contributed by atoms with Crippen LogP contribution >= 0.6 is 17.0 Å². The van der Waals surface area contributed by atoms with E-state index in [9.17, 15) is 4.79 Å². The highest BCUT2D eigenvalue weighted by Gasteiger charge is 2.11. The zero-order valence-corrected chi connectivity index (χ0v) is 16.4. The molecule has 4 nitrogen and oxygen atoms in total. The van der Waals surface area contributed by atoms with Crippen LogP contribution in [0.4, 0.5) is 10.5 Å². The molecule has 136 valence electrons. The number of urea groups is 1. The first-order chi connectivity index (χ1) is 11.8. The first kappa shape index (κ1) is 21.2. The van der Waals surface area contributed by atoms with Crippen LogP contribution in [0.5, 0.6) is 0 Å². The summed E-state index contributed by atoms with van der Waals surface area (Å²) in [5.41, 5.74) is 2.10. The van der Waals surface area contributed by atoms with Crippen LogP contribution in [0.1, 0.15) is 31.7 Å². The van der Waals surface area contributed by atoms with E-state index in [2.05, 4.69) is 47.1 Å². The predicted octanol–water partition coefficient (Wildman–Crippen LogP) is 4.73. The van der Waals surface area contributed by atoms with Crippen molar-refractivity contribution in [3.05, 3.63) is 66.2 Å². The average molecular weight is 406 g/mol. The van der Waals surface area contributed by atoms with Gasteiger partial charge in [0.25, 0.3) is 0 Å². The molecule has 1 unspecified atom stereocenters. The number of hydrogen-bond donors (Lipinski definition) is 3. The van der Waals surface area contributed by atoms with E-state index in [1.807, 2.05) is 36.4 Å². The maximum Gasteiger partial charge on any atom is 0.320 e. The molecule has 2 amide bonds. The normalized spacial score (nSPS) is 11.2. The molecule has 0 saturated carbocycles. The molecule has 5 heteroatoms. The summed E-state index contributed by atoms with van der Waals surface area (Å²) in [6.07, 6.45) is 4.05. The van der Waals surface area contributed by atoms with Crippen LogP contribution in [0, 0.1) is 0 Å². The quantitative estimate of drug-likeness (QED) is 0.527. The molecule has 2 aromatic rings. The molecule has 1 atom stereocenters. The summed E-state index contributed by atoms with van der Waals surface area (Å²) in [6.45, 7) is 3.00. The van der Waals surface area contributed by atoms with Crippen LogP contribution in [0.3, 0.4) is 0 Å². The lowest BCUT2D eigenvalue weighted by Crippen LogP contribution is -2.47. The second-order valence-electron chi connectivity index (χ2n) is 5.85. The Morgan fingerprint density at radius 2 is 1.64 bits per heavy atom. The van der Waals surface area contributed by atoms with Gasteiger partial charge >= 0.3 is 6.03 Å². The van der Waals surface area contributed by atoms with E-state index in [0.717, 1.165) is 37.9 Å². The van der Waals surface area contributed by atoms with E-state index < -0.39 is 0 Å². The van der Waals surface area contributed by atoms with Crippen molar-refractivity contribution in [3.63, 3.8) is 0 Å². The van der Waals surface area contributed by atoms with Crippen LogP contribution in [0.25, 0.3) is 0 Å². The number of carbonyl (C=O) groups is 1. The minimum absolute atomic E-state index is 0. The Balaban J connectivity index is 0.00000312. The Morgan fingerprint density at radius 3 is 2.28 bits per heavy atom. The standard InChI is InChI=1S/C20H27N3O.BrH/c1-2-3-14-19(21-16-15-17-10-6-4-7-11-17)23-20(24)22-18-12-8-5-9-13-18;/h4-13,19,21H,2-3,14-16H2,1H3,(H2,22,23,24);1H. The Hall–Kier alpha value is -1.85. The van der Waals surface area contributed by atoms with Gasteiger partial charge in [0.1, 0.15) is 0 Å². The Kier molecular flexibility index (Phi) is 10.6. The van der Waals surface area contributed by atoms with Crippen molar-refractivity contribution in [2.24, 2.45) is 0 Å². The number of hydrogen-bond acceptors (Lipinski definition) is 2. The molecule has 0 aromatic heterocycles. The minimum atomic E-state index is -0.172. The average Bonchev–Trinajstić information content (AvgIpc) is 2.61. The Labute approximate surface area is 161 Å². The molecule has 0 aliphatic heterocycles. The van der Waals surface area contributed by atoms with Crippen molar-refractivity contribution in [3.8, 4) is 0 Å². The molecule has 25 heavy (non-hydrogen) atoms. The lowest BCUT2D eigenvalue weighted by Gasteiger charge is -2.20. The van der Waals surface area contributed by atoms with E-state index >= 15 is 0 Å². The van der Waals surface area contributed by atoms with Crippen LogP contribution in [0.15, 0.2) is 60.7 Å². The predicted molar refractivity (Wildman–Crippen MR) is 110 cm³/mol. The highest BCUT2D eigenvalue weighted by molar-refractivity contribution is 8.93. The highest BCUT2D eigenvalue weighted by atomic mass is 79.9. The van der Waals surface area contributed by atoms with Gasteiger partial charge in [0.2, 0.25) is 0 Å². The number of benzene rings is 2. The molecule has 0 aliphatic rings. The number of unbranched alkanes of at least 4 members (excludes halogenated alkanes) is 1. The van der Waals surface area contributed by atoms with E-state index in [-0.39, 0.29) is 29.2 Å². The monoisotopic (exact) mass is 405 g/mol. The molecule has 0 spiro atoms. The van der Waals surface area contributed by atoms with Gasteiger partial charge in [0, 0.05) is 12.2 Å². The number of anilines is 1. The third-order valence-corrected chi connectivity index (χ3v) is 3.83. The highest BCUT2D eigenvalue weighted by Crippen LogP contribution is 2.05. The van der Waals surface area contributed by atoms with Gasteiger partial charge < -0.3 is 10.6 Å². The van der Waals surface area contributed by atoms with Gasteiger partial charge in [0.05, 0.1) is 6.17 Å². The van der Waals surface area contributed by atoms with Crippen molar-refractivity contribution < 1.29 is 4.79 Å². The molecule has 0 aliphatic carbocycles. The van der Waals surface area contributed by atoms with E-state index in [1.54, 1.807) is 0 Å². The summed E-state index contributed by atoms with van der Waals surface area (Å²) in [4.78, 5) is 12.2. The summed E-state index contributed by atoms with van der Waals surface area (Å²) < 4.78 is 0. The number of para-hydroxylation sites is 1. The van der Waals surface area contributed by atoms with Crippen molar-refractivity contribution in [1.82, 2.24) is 10.6 Å². The summed E-state index contributed by atoms with van der Waals surface area (Å²) in [7, 11) is 0. The molecule has 0 radical (unpaired) electrons. The number of halogens is 1. The van der Waals surface area contributed by atoms with Gasteiger partial charge in [0.15, 0.2) is 0 Å². The van der Waals surface area contributed by atoms with E-state index in [4.69, 9.17) is 0 Å². The molecular weight excluding hydrogens is 378 g/mol. The third kappa shape index (κ3) is 8.70. The lowest BCUT2D eigenvalue weighted by atomic mass is 10.1. The van der Waals surface area contributed by atoms with Gasteiger partial charge in [-0.2, -0.15) is 0 Å². The van der Waals surface area contributed by atoms with Crippen LogP contribution < -0.4 is 16.0 Å². The fourth-order valence-electron chi connectivity index (χ4n) is 2.52. The molecule has 2 rings (SSSR count). The topological polar surface area (TPSA) is 53.2 Å². The van der Waals surface area contributed by atoms with Crippen molar-refractivity contribution in [2.45, 2.75) is 38.8 Å². The first-order valence-corrected chi connectivity index (χ1v) is 8.68. The summed E-state index contributed by atoms with van der Waals surface area (Å²) in [6, 6.07) is 19.7. The number of amides is 2. The summed E-state index contributed by atoms with van der Waals surface area (Å²) >= 11 is 0. The Bertz CT molecular complexity index is 592. The minimum Gasteiger partial charge on any atom is -0.323 e. The van der Waals surface area contributed by atoms with Gasteiger partial charge in [-0.05, 0) is 30.5 Å². The van der Waals surface area contributed by atoms with Crippen molar-refractivity contribution >= 4 is 28.7 Å². The maximum absolute atomic E-state index is 12.2. The van der Waals surface area contributed by atoms with Gasteiger partial charge in [-0.25, -0.2) is 4.79 Å². The molecule has 0 heterocycles. The first-order valence-electron chi connectivity index (χ1n) is 8.68. The molecule has 0 bridgehead atoms. The number of carbonyl (C=O) groups excluding carboxylic acids is 1. The van der Waals surface area contributed by atoms with Crippen molar-refractivity contribution in [1.29, 1.82) is 0 Å². The zero-order chi connectivity index (χ0) is 17.0. The van der Waals surface area contributed by atoms with Crippen LogP contribution in [-0.4, -0.2) is 18.7 Å². The lowest BCUT2D eigenvalue weighted by molar-refractivity contribution is 0.244.